The zero-order chi connectivity index (χ0) is 16.1. The highest BCUT2D eigenvalue weighted by atomic mass is 32.2. The highest BCUT2D eigenvalue weighted by Gasteiger charge is 2.24. The zero-order valence-electron chi connectivity index (χ0n) is 13.0. The van der Waals surface area contributed by atoms with E-state index in [2.05, 4.69) is 5.32 Å². The fourth-order valence-corrected chi connectivity index (χ4v) is 3.73. The van der Waals surface area contributed by atoms with E-state index in [1.54, 1.807) is 6.08 Å². The summed E-state index contributed by atoms with van der Waals surface area (Å²) >= 11 is 0.933. The molecule has 1 N–H and O–H groups in total. The fraction of sp³-hybridized carbons (Fsp3) is 0.444. The lowest BCUT2D eigenvalue weighted by Crippen LogP contribution is -2.17. The Morgan fingerprint density at radius 2 is 1.87 bits per heavy atom. The molecule has 23 heavy (non-hydrogen) atoms. The van der Waals surface area contributed by atoms with Gasteiger partial charge < -0.3 is 4.74 Å². The summed E-state index contributed by atoms with van der Waals surface area (Å²) in [6, 6.07) is 7.62. The maximum Gasteiger partial charge on any atom is 0.290 e. The van der Waals surface area contributed by atoms with Crippen molar-refractivity contribution in [1.29, 1.82) is 0 Å². The maximum atomic E-state index is 11.5. The van der Waals surface area contributed by atoms with Crippen LogP contribution in [-0.4, -0.2) is 17.8 Å². The zero-order valence-corrected chi connectivity index (χ0v) is 13.9. The third kappa shape index (κ3) is 4.61. The van der Waals surface area contributed by atoms with Crippen molar-refractivity contribution >= 4 is 29.0 Å². The van der Waals surface area contributed by atoms with Crippen LogP contribution in [0.1, 0.15) is 44.1 Å². The number of rotatable bonds is 5. The summed E-state index contributed by atoms with van der Waals surface area (Å²) in [7, 11) is 0. The van der Waals surface area contributed by atoms with Crippen molar-refractivity contribution in [1.82, 2.24) is 5.32 Å². The van der Waals surface area contributed by atoms with Gasteiger partial charge in [0.2, 0.25) is 0 Å². The predicted octanol–water partition coefficient (Wildman–Crippen LogP) is 4.36. The molecule has 3 rings (SSSR count). The highest BCUT2D eigenvalue weighted by Crippen LogP contribution is 2.27. The summed E-state index contributed by atoms with van der Waals surface area (Å²) in [6.45, 7) is 0.762. The van der Waals surface area contributed by atoms with Crippen molar-refractivity contribution in [3.63, 3.8) is 0 Å². The first-order valence-electron chi connectivity index (χ1n) is 8.18. The minimum atomic E-state index is -0.326. The van der Waals surface area contributed by atoms with Crippen LogP contribution in [0, 0.1) is 5.92 Å². The first-order chi connectivity index (χ1) is 11.2. The van der Waals surface area contributed by atoms with Crippen LogP contribution in [0.15, 0.2) is 29.2 Å². The number of nitrogens with one attached hydrogen (secondary N) is 1. The van der Waals surface area contributed by atoms with E-state index in [1.165, 1.54) is 32.1 Å². The van der Waals surface area contributed by atoms with Crippen molar-refractivity contribution < 1.29 is 14.3 Å². The molecule has 0 aromatic heterocycles. The van der Waals surface area contributed by atoms with E-state index in [9.17, 15) is 9.59 Å². The third-order valence-corrected chi connectivity index (χ3v) is 5.15. The Balaban J connectivity index is 1.50. The number of carbonyl (C=O) groups is 2. The van der Waals surface area contributed by atoms with Gasteiger partial charge in [-0.3, -0.25) is 14.9 Å². The van der Waals surface area contributed by atoms with Crippen LogP contribution in [0.3, 0.4) is 0 Å². The van der Waals surface area contributed by atoms with E-state index >= 15 is 0 Å². The van der Waals surface area contributed by atoms with Gasteiger partial charge in [0, 0.05) is 0 Å². The van der Waals surface area contributed by atoms with E-state index in [0.717, 1.165) is 42.0 Å². The molecule has 2 aliphatic rings. The Hall–Kier alpha value is -1.75. The first kappa shape index (κ1) is 16.1. The molecule has 1 aromatic carbocycles. The topological polar surface area (TPSA) is 55.4 Å². The molecule has 2 amide bonds. The normalized spacial score (nSPS) is 20.8. The fourth-order valence-electron chi connectivity index (χ4n) is 3.05. The monoisotopic (exact) mass is 331 g/mol. The minimum Gasteiger partial charge on any atom is -0.494 e. The van der Waals surface area contributed by atoms with E-state index in [0.29, 0.717) is 4.91 Å². The molecule has 1 saturated heterocycles. The summed E-state index contributed by atoms with van der Waals surface area (Å²) < 4.78 is 5.81. The summed E-state index contributed by atoms with van der Waals surface area (Å²) in [5.74, 6) is 1.35. The molecule has 1 aliphatic carbocycles. The van der Waals surface area contributed by atoms with E-state index in [1.807, 2.05) is 24.3 Å². The lowest BCUT2D eigenvalue weighted by atomic mass is 9.87. The van der Waals surface area contributed by atoms with Crippen molar-refractivity contribution in [2.24, 2.45) is 5.92 Å². The van der Waals surface area contributed by atoms with Crippen LogP contribution in [0.2, 0.25) is 0 Å². The molecule has 122 valence electrons. The van der Waals surface area contributed by atoms with Gasteiger partial charge in [-0.2, -0.15) is 0 Å². The predicted molar refractivity (Wildman–Crippen MR) is 92.2 cm³/mol. The first-order valence-corrected chi connectivity index (χ1v) is 9.00. The van der Waals surface area contributed by atoms with Crippen molar-refractivity contribution in [3.05, 3.63) is 34.7 Å². The second-order valence-electron chi connectivity index (χ2n) is 6.06. The van der Waals surface area contributed by atoms with Gasteiger partial charge in [0.15, 0.2) is 0 Å². The molecular weight excluding hydrogens is 310 g/mol. The molecule has 0 unspecified atom stereocenters. The number of hydrogen-bond acceptors (Lipinski definition) is 4. The average molecular weight is 331 g/mol. The Bertz CT molecular complexity index is 603. The Morgan fingerprint density at radius 3 is 2.52 bits per heavy atom. The number of benzene rings is 1. The lowest BCUT2D eigenvalue weighted by molar-refractivity contribution is -0.115. The van der Waals surface area contributed by atoms with E-state index in [-0.39, 0.29) is 11.1 Å². The van der Waals surface area contributed by atoms with Crippen LogP contribution >= 0.6 is 11.8 Å². The molecule has 1 aromatic rings. The molecule has 1 aliphatic heterocycles. The largest absolute Gasteiger partial charge is 0.494 e. The van der Waals surface area contributed by atoms with Gasteiger partial charge in [-0.25, -0.2) is 0 Å². The quantitative estimate of drug-likeness (QED) is 0.815. The van der Waals surface area contributed by atoms with Crippen molar-refractivity contribution in [2.75, 3.05) is 6.61 Å². The van der Waals surface area contributed by atoms with E-state index < -0.39 is 0 Å². The van der Waals surface area contributed by atoms with Crippen LogP contribution in [0.5, 0.6) is 5.75 Å². The smallest absolute Gasteiger partial charge is 0.290 e. The minimum absolute atomic E-state index is 0.316. The molecule has 5 heteroatoms. The molecule has 0 atom stereocenters. The Labute approximate surface area is 140 Å². The van der Waals surface area contributed by atoms with Gasteiger partial charge in [0.25, 0.3) is 11.1 Å². The van der Waals surface area contributed by atoms with Gasteiger partial charge in [0.1, 0.15) is 5.75 Å². The van der Waals surface area contributed by atoms with Crippen LogP contribution < -0.4 is 10.1 Å². The number of amides is 2. The van der Waals surface area contributed by atoms with Crippen molar-refractivity contribution in [2.45, 2.75) is 38.5 Å². The summed E-state index contributed by atoms with van der Waals surface area (Å²) in [5.41, 5.74) is 0.886. The van der Waals surface area contributed by atoms with Crippen molar-refractivity contribution in [3.8, 4) is 5.75 Å². The maximum absolute atomic E-state index is 11.5. The average Bonchev–Trinajstić information content (AvgIpc) is 2.88. The van der Waals surface area contributed by atoms with Gasteiger partial charge in [-0.1, -0.05) is 44.2 Å². The van der Waals surface area contributed by atoms with Crippen LogP contribution in [0.25, 0.3) is 6.08 Å². The second-order valence-corrected chi connectivity index (χ2v) is 7.08. The highest BCUT2D eigenvalue weighted by molar-refractivity contribution is 8.18. The molecule has 0 spiro atoms. The Kier molecular flexibility index (Phi) is 5.39. The molecule has 0 radical (unpaired) electrons. The van der Waals surface area contributed by atoms with Gasteiger partial charge in [-0.15, -0.1) is 0 Å². The van der Waals surface area contributed by atoms with Gasteiger partial charge in [0.05, 0.1) is 11.5 Å². The number of ether oxygens (including phenoxy) is 1. The molecular formula is C18H21NO3S. The molecule has 2 fully saturated rings. The molecule has 4 nitrogen and oxygen atoms in total. The van der Waals surface area contributed by atoms with Crippen LogP contribution in [-0.2, 0) is 4.79 Å². The standard InChI is InChI=1S/C18H21NO3S/c20-17-16(23-18(21)19-17)12-14-6-8-15(9-7-14)22-11-10-13-4-2-1-3-5-13/h6-9,12-13H,1-5,10-11H2,(H,19,20,21). The second kappa shape index (κ2) is 7.68. The summed E-state index contributed by atoms with van der Waals surface area (Å²) in [6.07, 6.45) is 9.64. The number of carbonyl (C=O) groups excluding carboxylic acids is 2. The summed E-state index contributed by atoms with van der Waals surface area (Å²) in [4.78, 5) is 23.1. The molecule has 1 heterocycles. The Morgan fingerprint density at radius 1 is 1.13 bits per heavy atom. The molecule has 1 saturated carbocycles. The molecule has 0 bridgehead atoms. The number of thioether (sulfide) groups is 1. The van der Waals surface area contributed by atoms with Gasteiger partial charge in [-0.05, 0) is 47.9 Å². The number of hydrogen-bond donors (Lipinski definition) is 1. The van der Waals surface area contributed by atoms with Crippen LogP contribution in [0.4, 0.5) is 4.79 Å². The number of imide groups is 1. The summed E-state index contributed by atoms with van der Waals surface area (Å²) in [5, 5.41) is 1.93. The van der Waals surface area contributed by atoms with Gasteiger partial charge >= 0.3 is 0 Å². The van der Waals surface area contributed by atoms with E-state index in [4.69, 9.17) is 4.74 Å². The third-order valence-electron chi connectivity index (χ3n) is 4.34. The lowest BCUT2D eigenvalue weighted by Gasteiger charge is -2.21. The SMILES string of the molecule is O=C1NC(=O)C(=Cc2ccc(OCCC3CCCCC3)cc2)S1.